The van der Waals surface area contributed by atoms with Crippen LogP contribution < -0.4 is 0 Å². The van der Waals surface area contributed by atoms with Crippen LogP contribution >= 0.6 is 0 Å². The summed E-state index contributed by atoms with van der Waals surface area (Å²) in [7, 11) is 0. The maximum absolute atomic E-state index is 8.96. The van der Waals surface area contributed by atoms with Gasteiger partial charge in [0.25, 0.3) is 0 Å². The van der Waals surface area contributed by atoms with E-state index in [4.69, 9.17) is 14.6 Å². The predicted molar refractivity (Wildman–Crippen MR) is 62.1 cm³/mol. The van der Waals surface area contributed by atoms with E-state index >= 15 is 0 Å². The van der Waals surface area contributed by atoms with Crippen molar-refractivity contribution >= 4 is 0 Å². The molecule has 1 N–H and O–H groups in total. The third-order valence-electron chi connectivity index (χ3n) is 2.16. The topological polar surface area (TPSA) is 38.7 Å². The molecule has 0 aliphatic carbocycles. The minimum atomic E-state index is -0.382. The van der Waals surface area contributed by atoms with Gasteiger partial charge in [0.1, 0.15) is 0 Å². The first-order chi connectivity index (χ1) is 7.20. The number of aliphatic hydroxyl groups excluding tert-OH is 1. The molecule has 0 rings (SSSR count). The van der Waals surface area contributed by atoms with E-state index < -0.39 is 0 Å². The zero-order valence-corrected chi connectivity index (χ0v) is 10.4. The smallest absolute Gasteiger partial charge is 0.0745 e. The molecule has 0 spiro atoms. The summed E-state index contributed by atoms with van der Waals surface area (Å²) >= 11 is 0. The Bertz CT molecular complexity index is 120. The quantitative estimate of drug-likeness (QED) is 0.572. The zero-order valence-electron chi connectivity index (χ0n) is 10.4. The van der Waals surface area contributed by atoms with Crippen molar-refractivity contribution in [1.82, 2.24) is 0 Å². The average Bonchev–Trinajstić information content (AvgIpc) is 2.17. The summed E-state index contributed by atoms with van der Waals surface area (Å²) in [5, 5.41) is 8.96. The third kappa shape index (κ3) is 10.2. The second-order valence-electron chi connectivity index (χ2n) is 3.99. The molecular weight excluding hydrogens is 192 g/mol. The van der Waals surface area contributed by atoms with Crippen molar-refractivity contribution in [3.8, 4) is 0 Å². The number of aliphatic hydroxyl groups is 1. The average molecular weight is 218 g/mol. The highest BCUT2D eigenvalue weighted by atomic mass is 16.5. The first-order valence-corrected chi connectivity index (χ1v) is 6.08. The van der Waals surface area contributed by atoms with E-state index in [1.54, 1.807) is 6.92 Å². The molecule has 1 atom stereocenters. The largest absolute Gasteiger partial charge is 0.391 e. The van der Waals surface area contributed by atoms with Gasteiger partial charge in [-0.15, -0.1) is 0 Å². The second-order valence-corrected chi connectivity index (χ2v) is 3.99. The fourth-order valence-electron chi connectivity index (χ4n) is 1.48. The molecule has 1 unspecified atom stereocenters. The molecule has 0 amide bonds. The normalized spacial score (nSPS) is 13.4. The molecular formula is C12H26O3. The van der Waals surface area contributed by atoms with Crippen LogP contribution in [0.15, 0.2) is 0 Å². The highest BCUT2D eigenvalue weighted by molar-refractivity contribution is 4.56. The Morgan fingerprint density at radius 3 is 2.13 bits per heavy atom. The second kappa shape index (κ2) is 10.4. The lowest BCUT2D eigenvalue weighted by Crippen LogP contribution is -2.18. The molecule has 0 aromatic carbocycles. The van der Waals surface area contributed by atoms with Crippen molar-refractivity contribution in [3.63, 3.8) is 0 Å². The van der Waals surface area contributed by atoms with Gasteiger partial charge in [0, 0.05) is 0 Å². The molecule has 0 aromatic heterocycles. The summed E-state index contributed by atoms with van der Waals surface area (Å²) in [6, 6.07) is 0. The van der Waals surface area contributed by atoms with E-state index in [9.17, 15) is 0 Å². The Morgan fingerprint density at radius 2 is 1.67 bits per heavy atom. The van der Waals surface area contributed by atoms with Gasteiger partial charge < -0.3 is 14.6 Å². The van der Waals surface area contributed by atoms with Gasteiger partial charge in [0.2, 0.25) is 0 Å². The highest BCUT2D eigenvalue weighted by Gasteiger charge is 2.06. The molecule has 3 heteroatoms. The molecule has 0 aromatic rings. The fourth-order valence-corrected chi connectivity index (χ4v) is 1.48. The maximum Gasteiger partial charge on any atom is 0.0745 e. The van der Waals surface area contributed by atoms with E-state index in [1.807, 2.05) is 0 Å². The molecule has 0 radical (unpaired) electrons. The van der Waals surface area contributed by atoms with Crippen LogP contribution in [-0.2, 0) is 9.47 Å². The van der Waals surface area contributed by atoms with E-state index in [-0.39, 0.29) is 6.10 Å². The van der Waals surface area contributed by atoms with Crippen LogP contribution in [0, 0.1) is 0 Å². The first-order valence-electron chi connectivity index (χ1n) is 6.08. The van der Waals surface area contributed by atoms with Crippen LogP contribution in [0.5, 0.6) is 0 Å². The van der Waals surface area contributed by atoms with Gasteiger partial charge in [0.05, 0.1) is 32.0 Å². The number of ether oxygens (including phenoxy) is 2. The van der Waals surface area contributed by atoms with Gasteiger partial charge in [-0.3, -0.25) is 0 Å². The molecule has 0 bridgehead atoms. The Morgan fingerprint density at radius 1 is 1.07 bits per heavy atom. The van der Waals surface area contributed by atoms with Crippen LogP contribution in [0.4, 0.5) is 0 Å². The minimum absolute atomic E-state index is 0.382. The van der Waals surface area contributed by atoms with Gasteiger partial charge in [-0.1, -0.05) is 26.7 Å². The van der Waals surface area contributed by atoms with Crippen LogP contribution in [-0.4, -0.2) is 37.1 Å². The van der Waals surface area contributed by atoms with Crippen molar-refractivity contribution in [2.24, 2.45) is 0 Å². The van der Waals surface area contributed by atoms with Crippen molar-refractivity contribution in [2.75, 3.05) is 19.8 Å². The van der Waals surface area contributed by atoms with Gasteiger partial charge in [0.15, 0.2) is 0 Å². The summed E-state index contributed by atoms with van der Waals surface area (Å²) in [5.74, 6) is 0. The summed E-state index contributed by atoms with van der Waals surface area (Å²) in [6.45, 7) is 7.69. The first kappa shape index (κ1) is 14.9. The summed E-state index contributed by atoms with van der Waals surface area (Å²) in [5.41, 5.74) is 0. The summed E-state index contributed by atoms with van der Waals surface area (Å²) in [6.07, 6.45) is 4.59. The van der Waals surface area contributed by atoms with Gasteiger partial charge in [-0.25, -0.2) is 0 Å². The Balaban J connectivity index is 3.36. The molecule has 0 saturated carbocycles. The predicted octanol–water partition coefficient (Wildman–Crippen LogP) is 2.37. The van der Waals surface area contributed by atoms with Crippen molar-refractivity contribution < 1.29 is 14.6 Å². The van der Waals surface area contributed by atoms with Crippen molar-refractivity contribution in [2.45, 2.75) is 58.7 Å². The molecule has 3 nitrogen and oxygen atoms in total. The summed E-state index contributed by atoms with van der Waals surface area (Å²) < 4.78 is 10.9. The molecule has 0 heterocycles. The fraction of sp³-hybridized carbons (Fsp3) is 1.00. The van der Waals surface area contributed by atoms with Crippen LogP contribution in [0.3, 0.4) is 0 Å². The van der Waals surface area contributed by atoms with E-state index in [1.165, 1.54) is 12.8 Å². The number of hydrogen-bond donors (Lipinski definition) is 1. The van der Waals surface area contributed by atoms with Crippen LogP contribution in [0.1, 0.15) is 46.5 Å². The van der Waals surface area contributed by atoms with Gasteiger partial charge in [-0.05, 0) is 19.8 Å². The molecule has 0 saturated heterocycles. The van der Waals surface area contributed by atoms with Crippen LogP contribution in [0.25, 0.3) is 0 Å². The Labute approximate surface area is 93.8 Å². The van der Waals surface area contributed by atoms with E-state index in [2.05, 4.69) is 13.8 Å². The standard InChI is InChI=1S/C12H26O3/c1-4-6-12(7-5-2)15-9-8-14-10-11(3)13/h11-13H,4-10H2,1-3H3. The van der Waals surface area contributed by atoms with Crippen molar-refractivity contribution in [3.05, 3.63) is 0 Å². The van der Waals surface area contributed by atoms with Crippen molar-refractivity contribution in [1.29, 1.82) is 0 Å². The van der Waals surface area contributed by atoms with Gasteiger partial charge in [-0.2, -0.15) is 0 Å². The van der Waals surface area contributed by atoms with Crippen LogP contribution in [0.2, 0.25) is 0 Å². The SMILES string of the molecule is CCCC(CCC)OCCOCC(C)O. The zero-order chi connectivity index (χ0) is 11.5. The van der Waals surface area contributed by atoms with Gasteiger partial charge >= 0.3 is 0 Å². The molecule has 0 aliphatic rings. The minimum Gasteiger partial charge on any atom is -0.391 e. The lowest BCUT2D eigenvalue weighted by Gasteiger charge is -2.16. The Hall–Kier alpha value is -0.120. The molecule has 15 heavy (non-hydrogen) atoms. The number of rotatable bonds is 10. The molecule has 92 valence electrons. The van der Waals surface area contributed by atoms with E-state index in [0.717, 1.165) is 12.8 Å². The highest BCUT2D eigenvalue weighted by Crippen LogP contribution is 2.08. The molecule has 0 aliphatic heterocycles. The van der Waals surface area contributed by atoms with E-state index in [0.29, 0.717) is 25.9 Å². The molecule has 0 fully saturated rings. The maximum atomic E-state index is 8.96. The monoisotopic (exact) mass is 218 g/mol. The Kier molecular flexibility index (Phi) is 10.3. The lowest BCUT2D eigenvalue weighted by molar-refractivity contribution is -0.0204. The summed E-state index contributed by atoms with van der Waals surface area (Å²) in [4.78, 5) is 0. The lowest BCUT2D eigenvalue weighted by atomic mass is 10.1. The number of hydrogen-bond acceptors (Lipinski definition) is 3. The third-order valence-corrected chi connectivity index (χ3v) is 2.16.